The first kappa shape index (κ1) is 12.0. The lowest BCUT2D eigenvalue weighted by atomic mass is 10.3. The molecule has 1 aromatic carbocycles. The first-order valence-electron chi connectivity index (χ1n) is 5.03. The molecule has 1 aromatic rings. The van der Waals surface area contributed by atoms with Crippen molar-refractivity contribution in [1.82, 2.24) is 0 Å². The van der Waals surface area contributed by atoms with Crippen LogP contribution in [0.15, 0.2) is 29.2 Å². The second-order valence-electron chi connectivity index (χ2n) is 3.94. The van der Waals surface area contributed by atoms with Crippen molar-refractivity contribution < 1.29 is 22.3 Å². The number of rotatable bonds is 3. The van der Waals surface area contributed by atoms with Gasteiger partial charge in [-0.25, -0.2) is 12.8 Å². The molecular weight excluding hydrogens is 247 g/mol. The zero-order valence-corrected chi connectivity index (χ0v) is 9.96. The molecule has 0 bridgehead atoms. The molecule has 0 amide bonds. The maximum atomic E-state index is 12.7. The fourth-order valence-electron chi connectivity index (χ4n) is 1.72. The number of methoxy groups -OCH3 is 1. The Balaban J connectivity index is 2.44. The first-order valence-corrected chi connectivity index (χ1v) is 6.51. The average molecular weight is 258 g/mol. The van der Waals surface area contributed by atoms with Crippen LogP contribution in [0.4, 0.5) is 4.39 Å². The van der Waals surface area contributed by atoms with Crippen LogP contribution >= 0.6 is 0 Å². The summed E-state index contributed by atoms with van der Waals surface area (Å²) in [6.45, 7) is 0. The molecule has 1 saturated carbocycles. The van der Waals surface area contributed by atoms with Gasteiger partial charge in [0, 0.05) is 0 Å². The Kier molecular flexibility index (Phi) is 2.69. The summed E-state index contributed by atoms with van der Waals surface area (Å²) in [5.41, 5.74) is 0. The van der Waals surface area contributed by atoms with E-state index in [1.807, 2.05) is 0 Å². The lowest BCUT2D eigenvalue weighted by Crippen LogP contribution is -2.33. The van der Waals surface area contributed by atoms with E-state index >= 15 is 0 Å². The second kappa shape index (κ2) is 3.80. The molecule has 17 heavy (non-hydrogen) atoms. The number of esters is 1. The molecule has 0 saturated heterocycles. The van der Waals surface area contributed by atoms with Gasteiger partial charge in [0.1, 0.15) is 5.82 Å². The number of carbonyl (C=O) groups is 1. The predicted octanol–water partition coefficient (Wildman–Crippen LogP) is 1.30. The number of ether oxygens (including phenoxy) is 1. The van der Waals surface area contributed by atoms with Gasteiger partial charge in [0.05, 0.1) is 12.0 Å². The van der Waals surface area contributed by atoms with Crippen molar-refractivity contribution >= 4 is 15.8 Å². The standard InChI is InChI=1S/C11H11FO4S/c1-16-10(13)11(6-7-11)17(14,15)9-4-2-8(12)3-5-9/h2-5H,6-7H2,1H3. The summed E-state index contributed by atoms with van der Waals surface area (Å²) < 4.78 is 40.2. The van der Waals surface area contributed by atoms with Crippen molar-refractivity contribution in [2.45, 2.75) is 22.5 Å². The third kappa shape index (κ3) is 1.72. The Morgan fingerprint density at radius 2 is 1.82 bits per heavy atom. The van der Waals surface area contributed by atoms with Gasteiger partial charge in [0.15, 0.2) is 14.6 Å². The Labute approximate surface area is 98.3 Å². The van der Waals surface area contributed by atoms with Gasteiger partial charge in [-0.2, -0.15) is 0 Å². The van der Waals surface area contributed by atoms with E-state index in [0.717, 1.165) is 31.4 Å². The zero-order chi connectivity index (χ0) is 12.7. The molecule has 0 heterocycles. The summed E-state index contributed by atoms with van der Waals surface area (Å²) in [6, 6.07) is 4.43. The predicted molar refractivity (Wildman–Crippen MR) is 57.6 cm³/mol. The van der Waals surface area contributed by atoms with Gasteiger partial charge < -0.3 is 4.74 Å². The van der Waals surface area contributed by atoms with E-state index in [-0.39, 0.29) is 17.7 Å². The fourth-order valence-corrected chi connectivity index (χ4v) is 3.61. The summed E-state index contributed by atoms with van der Waals surface area (Å²) >= 11 is 0. The molecule has 4 nitrogen and oxygen atoms in total. The van der Waals surface area contributed by atoms with Gasteiger partial charge in [-0.15, -0.1) is 0 Å². The van der Waals surface area contributed by atoms with Crippen LogP contribution in [0, 0.1) is 5.82 Å². The molecule has 92 valence electrons. The monoisotopic (exact) mass is 258 g/mol. The van der Waals surface area contributed by atoms with Crippen molar-refractivity contribution in [3.63, 3.8) is 0 Å². The summed E-state index contributed by atoms with van der Waals surface area (Å²) in [7, 11) is -2.64. The Morgan fingerprint density at radius 3 is 2.24 bits per heavy atom. The van der Waals surface area contributed by atoms with Crippen LogP contribution in [0.5, 0.6) is 0 Å². The third-order valence-electron chi connectivity index (χ3n) is 2.90. The van der Waals surface area contributed by atoms with Gasteiger partial charge in [0.25, 0.3) is 0 Å². The van der Waals surface area contributed by atoms with Crippen molar-refractivity contribution in [3.8, 4) is 0 Å². The van der Waals surface area contributed by atoms with Crippen LogP contribution in [0.1, 0.15) is 12.8 Å². The van der Waals surface area contributed by atoms with Gasteiger partial charge in [-0.3, -0.25) is 4.79 Å². The molecule has 1 aliphatic carbocycles. The van der Waals surface area contributed by atoms with Crippen LogP contribution in [-0.4, -0.2) is 26.2 Å². The highest BCUT2D eigenvalue weighted by Crippen LogP contribution is 2.47. The number of benzene rings is 1. The average Bonchev–Trinajstić information content (AvgIpc) is 3.10. The quantitative estimate of drug-likeness (QED) is 0.605. The van der Waals surface area contributed by atoms with E-state index in [0.29, 0.717) is 0 Å². The zero-order valence-electron chi connectivity index (χ0n) is 9.14. The molecule has 0 radical (unpaired) electrons. The van der Waals surface area contributed by atoms with E-state index in [9.17, 15) is 17.6 Å². The highest BCUT2D eigenvalue weighted by atomic mass is 32.2. The SMILES string of the molecule is COC(=O)C1(S(=O)(=O)c2ccc(F)cc2)CC1. The number of hydrogen-bond donors (Lipinski definition) is 0. The van der Waals surface area contributed by atoms with Gasteiger partial charge >= 0.3 is 5.97 Å². The molecular formula is C11H11FO4S. The van der Waals surface area contributed by atoms with E-state index < -0.39 is 26.4 Å². The van der Waals surface area contributed by atoms with Crippen LogP contribution < -0.4 is 0 Å². The normalized spacial score (nSPS) is 17.5. The minimum Gasteiger partial charge on any atom is -0.468 e. The lowest BCUT2D eigenvalue weighted by molar-refractivity contribution is -0.140. The summed E-state index contributed by atoms with van der Waals surface area (Å²) in [4.78, 5) is 11.5. The topological polar surface area (TPSA) is 60.4 Å². The molecule has 1 fully saturated rings. The van der Waals surface area contributed by atoms with Crippen LogP contribution in [0.25, 0.3) is 0 Å². The lowest BCUT2D eigenvalue weighted by Gasteiger charge is -2.13. The molecule has 0 spiro atoms. The maximum Gasteiger partial charge on any atom is 0.327 e. The first-order chi connectivity index (χ1) is 7.94. The third-order valence-corrected chi connectivity index (χ3v) is 5.40. The minimum absolute atomic E-state index is 0.0539. The van der Waals surface area contributed by atoms with E-state index in [1.54, 1.807) is 0 Å². The van der Waals surface area contributed by atoms with Gasteiger partial charge in [-0.05, 0) is 37.1 Å². The fraction of sp³-hybridized carbons (Fsp3) is 0.364. The summed E-state index contributed by atoms with van der Waals surface area (Å²) in [5.74, 6) is -1.27. The van der Waals surface area contributed by atoms with E-state index in [1.165, 1.54) is 0 Å². The Morgan fingerprint density at radius 1 is 1.29 bits per heavy atom. The van der Waals surface area contributed by atoms with Crippen LogP contribution in [0.3, 0.4) is 0 Å². The smallest absolute Gasteiger partial charge is 0.327 e. The minimum atomic E-state index is -3.80. The van der Waals surface area contributed by atoms with Crippen LogP contribution in [0.2, 0.25) is 0 Å². The van der Waals surface area contributed by atoms with Crippen molar-refractivity contribution in [3.05, 3.63) is 30.1 Å². The number of sulfone groups is 1. The van der Waals surface area contributed by atoms with Gasteiger partial charge in [-0.1, -0.05) is 0 Å². The summed E-state index contributed by atoms with van der Waals surface area (Å²) in [6.07, 6.45) is 0.499. The Bertz CT molecular complexity index is 543. The highest BCUT2D eigenvalue weighted by molar-refractivity contribution is 7.94. The number of carbonyl (C=O) groups excluding carboxylic acids is 1. The van der Waals surface area contributed by atoms with E-state index in [4.69, 9.17) is 0 Å². The number of hydrogen-bond acceptors (Lipinski definition) is 4. The molecule has 2 rings (SSSR count). The number of halogens is 1. The molecule has 0 unspecified atom stereocenters. The van der Waals surface area contributed by atoms with Crippen LogP contribution in [-0.2, 0) is 19.4 Å². The van der Waals surface area contributed by atoms with Crippen molar-refractivity contribution in [2.75, 3.05) is 7.11 Å². The largest absolute Gasteiger partial charge is 0.468 e. The summed E-state index contributed by atoms with van der Waals surface area (Å²) in [5, 5.41) is 0. The van der Waals surface area contributed by atoms with E-state index in [2.05, 4.69) is 4.74 Å². The molecule has 1 aliphatic rings. The second-order valence-corrected chi connectivity index (χ2v) is 6.20. The molecule has 6 heteroatoms. The maximum absolute atomic E-state index is 12.7. The highest BCUT2D eigenvalue weighted by Gasteiger charge is 2.62. The molecule has 0 aliphatic heterocycles. The Hall–Kier alpha value is -1.43. The molecule has 0 atom stereocenters. The molecule has 0 N–H and O–H groups in total. The van der Waals surface area contributed by atoms with Crippen molar-refractivity contribution in [1.29, 1.82) is 0 Å². The van der Waals surface area contributed by atoms with Crippen molar-refractivity contribution in [2.24, 2.45) is 0 Å². The molecule has 0 aromatic heterocycles. The van der Waals surface area contributed by atoms with Gasteiger partial charge in [0.2, 0.25) is 0 Å².